The van der Waals surface area contributed by atoms with Gasteiger partial charge >= 0.3 is 0 Å². The summed E-state index contributed by atoms with van der Waals surface area (Å²) >= 11 is 9.38. The first-order valence-corrected chi connectivity index (χ1v) is 12.4. The van der Waals surface area contributed by atoms with Gasteiger partial charge in [-0.25, -0.2) is 12.7 Å². The Morgan fingerprint density at radius 2 is 1.83 bits per heavy atom. The van der Waals surface area contributed by atoms with E-state index in [4.69, 9.17) is 11.6 Å². The highest BCUT2D eigenvalue weighted by atomic mass is 79.9. The fourth-order valence-corrected chi connectivity index (χ4v) is 5.41. The van der Waals surface area contributed by atoms with Crippen LogP contribution in [0, 0.1) is 5.92 Å². The molecule has 0 aliphatic carbocycles. The maximum Gasteiger partial charge on any atom is 0.227 e. The van der Waals surface area contributed by atoms with Crippen LogP contribution >= 0.6 is 27.5 Å². The monoisotopic (exact) mass is 498 g/mol. The van der Waals surface area contributed by atoms with E-state index in [0.717, 1.165) is 16.5 Å². The Bertz CT molecular complexity index is 946. The van der Waals surface area contributed by atoms with Crippen LogP contribution in [0.5, 0.6) is 0 Å². The van der Waals surface area contributed by atoms with Gasteiger partial charge in [-0.15, -0.1) is 0 Å². The van der Waals surface area contributed by atoms with Crippen LogP contribution in [-0.4, -0.2) is 37.5 Å². The number of aryl methyl sites for hydroxylation is 1. The number of nitrogens with one attached hydrogen (secondary N) is 1. The molecule has 3 rings (SSSR count). The molecule has 0 bridgehead atoms. The second-order valence-electron chi connectivity index (χ2n) is 7.20. The van der Waals surface area contributed by atoms with Gasteiger partial charge in [0.05, 0.1) is 10.8 Å². The Labute approximate surface area is 185 Å². The van der Waals surface area contributed by atoms with E-state index in [1.54, 1.807) is 18.2 Å². The number of nitrogens with zero attached hydrogens (tertiary/aromatic N) is 1. The summed E-state index contributed by atoms with van der Waals surface area (Å²) in [6.45, 7) is 0.764. The summed E-state index contributed by atoms with van der Waals surface area (Å²) in [7, 11) is -3.29. The maximum absolute atomic E-state index is 12.6. The minimum atomic E-state index is -3.29. The van der Waals surface area contributed by atoms with Crippen molar-refractivity contribution in [1.82, 2.24) is 4.31 Å². The number of carbonyl (C=O) groups is 1. The molecule has 1 aliphatic rings. The van der Waals surface area contributed by atoms with E-state index in [1.807, 2.05) is 30.3 Å². The molecular formula is C21H24BrClN2O3S. The van der Waals surface area contributed by atoms with E-state index >= 15 is 0 Å². The number of hydrogen-bond acceptors (Lipinski definition) is 3. The van der Waals surface area contributed by atoms with Gasteiger partial charge < -0.3 is 5.32 Å². The number of hydrogen-bond donors (Lipinski definition) is 1. The van der Waals surface area contributed by atoms with Gasteiger partial charge in [0.2, 0.25) is 15.9 Å². The first-order chi connectivity index (χ1) is 13.8. The van der Waals surface area contributed by atoms with Crippen LogP contribution in [0.15, 0.2) is 53.0 Å². The van der Waals surface area contributed by atoms with Gasteiger partial charge in [-0.2, -0.15) is 0 Å². The number of carbonyl (C=O) groups excluding carboxylic acids is 1. The van der Waals surface area contributed by atoms with E-state index in [0.29, 0.717) is 43.1 Å². The molecule has 1 N–H and O–H groups in total. The zero-order valence-electron chi connectivity index (χ0n) is 16.0. The first-order valence-electron chi connectivity index (χ1n) is 9.63. The van der Waals surface area contributed by atoms with Crippen LogP contribution in [-0.2, 0) is 21.2 Å². The fourth-order valence-electron chi connectivity index (χ4n) is 3.45. The van der Waals surface area contributed by atoms with Crippen LogP contribution in [0.1, 0.15) is 24.8 Å². The van der Waals surface area contributed by atoms with Crippen LogP contribution in [0.25, 0.3) is 0 Å². The topological polar surface area (TPSA) is 66.5 Å². The van der Waals surface area contributed by atoms with Crippen molar-refractivity contribution >= 4 is 49.1 Å². The van der Waals surface area contributed by atoms with E-state index in [-0.39, 0.29) is 17.6 Å². The third-order valence-corrected chi connectivity index (χ3v) is 8.30. The van der Waals surface area contributed by atoms with Crippen molar-refractivity contribution in [3.63, 3.8) is 0 Å². The molecule has 1 aliphatic heterocycles. The minimum absolute atomic E-state index is 0.0930. The van der Waals surface area contributed by atoms with Crippen LogP contribution < -0.4 is 5.32 Å². The lowest BCUT2D eigenvalue weighted by molar-refractivity contribution is -0.120. The number of piperidine rings is 1. The SMILES string of the molecule is O=C(Nc1ccc(Br)c(Cl)c1)C1CCN(S(=O)(=O)CCCc2ccccc2)CC1. The maximum atomic E-state index is 12.6. The van der Waals surface area contributed by atoms with E-state index in [2.05, 4.69) is 21.2 Å². The highest BCUT2D eigenvalue weighted by Gasteiger charge is 2.30. The molecule has 0 atom stereocenters. The van der Waals surface area contributed by atoms with Crippen molar-refractivity contribution in [2.45, 2.75) is 25.7 Å². The smallest absolute Gasteiger partial charge is 0.227 e. The Kier molecular flexibility index (Phi) is 7.73. The van der Waals surface area contributed by atoms with Crippen LogP contribution in [0.4, 0.5) is 5.69 Å². The molecular weight excluding hydrogens is 476 g/mol. The van der Waals surface area contributed by atoms with Crippen molar-refractivity contribution in [3.05, 3.63) is 63.6 Å². The Morgan fingerprint density at radius 3 is 2.48 bits per heavy atom. The summed E-state index contributed by atoms with van der Waals surface area (Å²) < 4.78 is 27.5. The number of anilines is 1. The van der Waals surface area contributed by atoms with Gasteiger partial charge in [0, 0.05) is 29.2 Å². The first kappa shape index (κ1) is 22.3. The number of benzene rings is 2. The summed E-state index contributed by atoms with van der Waals surface area (Å²) in [5.74, 6) is -0.159. The Morgan fingerprint density at radius 1 is 1.14 bits per heavy atom. The molecule has 0 aromatic heterocycles. The molecule has 0 spiro atoms. The highest BCUT2D eigenvalue weighted by Crippen LogP contribution is 2.27. The molecule has 8 heteroatoms. The summed E-state index contributed by atoms with van der Waals surface area (Å²) in [6.07, 6.45) is 2.38. The van der Waals surface area contributed by atoms with Gasteiger partial charge in [-0.3, -0.25) is 4.79 Å². The number of amides is 1. The lowest BCUT2D eigenvalue weighted by Gasteiger charge is -2.30. The summed E-state index contributed by atoms with van der Waals surface area (Å²) in [6, 6.07) is 15.1. The zero-order valence-corrected chi connectivity index (χ0v) is 19.1. The zero-order chi connectivity index (χ0) is 20.9. The highest BCUT2D eigenvalue weighted by molar-refractivity contribution is 9.10. The normalized spacial score (nSPS) is 15.9. The molecule has 156 valence electrons. The van der Waals surface area contributed by atoms with E-state index in [1.165, 1.54) is 4.31 Å². The third kappa shape index (κ3) is 6.28. The lowest BCUT2D eigenvalue weighted by atomic mass is 9.97. The third-order valence-electron chi connectivity index (χ3n) is 5.12. The number of sulfonamides is 1. The van der Waals surface area contributed by atoms with Gasteiger partial charge in [-0.05, 0) is 65.4 Å². The molecule has 2 aromatic carbocycles. The van der Waals surface area contributed by atoms with Crippen LogP contribution in [0.2, 0.25) is 5.02 Å². The summed E-state index contributed by atoms with van der Waals surface area (Å²) in [4.78, 5) is 12.5. The average Bonchev–Trinajstić information content (AvgIpc) is 2.71. The Balaban J connectivity index is 1.47. The molecule has 0 radical (unpaired) electrons. The molecule has 29 heavy (non-hydrogen) atoms. The van der Waals surface area contributed by atoms with Crippen LogP contribution in [0.3, 0.4) is 0 Å². The molecule has 0 unspecified atom stereocenters. The van der Waals surface area contributed by atoms with Crippen molar-refractivity contribution in [3.8, 4) is 0 Å². The molecule has 1 amide bonds. The van der Waals surface area contributed by atoms with Crippen molar-refractivity contribution in [1.29, 1.82) is 0 Å². The number of halogens is 2. The summed E-state index contributed by atoms with van der Waals surface area (Å²) in [5, 5.41) is 3.40. The summed E-state index contributed by atoms with van der Waals surface area (Å²) in [5.41, 5.74) is 1.78. The molecule has 1 saturated heterocycles. The van der Waals surface area contributed by atoms with Crippen molar-refractivity contribution in [2.24, 2.45) is 5.92 Å². The largest absolute Gasteiger partial charge is 0.326 e. The van der Waals surface area contributed by atoms with Crippen molar-refractivity contribution in [2.75, 3.05) is 24.2 Å². The quantitative estimate of drug-likeness (QED) is 0.600. The fraction of sp³-hybridized carbons (Fsp3) is 0.381. The Hall–Kier alpha value is -1.41. The standard InChI is InChI=1S/C21H24BrClN2O3S/c22-19-9-8-18(15-20(19)23)24-21(26)17-10-12-25(13-11-17)29(27,28)14-4-7-16-5-2-1-3-6-16/h1-3,5-6,8-9,15,17H,4,7,10-14H2,(H,24,26). The number of rotatable bonds is 7. The van der Waals surface area contributed by atoms with Gasteiger partial charge in [0.25, 0.3) is 0 Å². The van der Waals surface area contributed by atoms with Gasteiger partial charge in [-0.1, -0.05) is 41.9 Å². The second kappa shape index (κ2) is 10.1. The molecule has 5 nitrogen and oxygen atoms in total. The van der Waals surface area contributed by atoms with Gasteiger partial charge in [0.1, 0.15) is 0 Å². The van der Waals surface area contributed by atoms with E-state index < -0.39 is 10.0 Å². The van der Waals surface area contributed by atoms with Crippen molar-refractivity contribution < 1.29 is 13.2 Å². The molecule has 0 saturated carbocycles. The molecule has 1 fully saturated rings. The molecule has 2 aromatic rings. The predicted octanol–water partition coefficient (Wildman–Crippen LogP) is 4.72. The second-order valence-corrected chi connectivity index (χ2v) is 10.5. The van der Waals surface area contributed by atoms with E-state index in [9.17, 15) is 13.2 Å². The average molecular weight is 500 g/mol. The predicted molar refractivity (Wildman–Crippen MR) is 121 cm³/mol. The lowest BCUT2D eigenvalue weighted by Crippen LogP contribution is -2.42. The molecule has 1 heterocycles. The minimum Gasteiger partial charge on any atom is -0.326 e. The van der Waals surface area contributed by atoms with Gasteiger partial charge in [0.15, 0.2) is 0 Å².